The fourth-order valence-corrected chi connectivity index (χ4v) is 2.27. The van der Waals surface area contributed by atoms with E-state index in [-0.39, 0.29) is 0 Å². The number of aromatic nitrogens is 2. The molecule has 0 radical (unpaired) electrons. The molecule has 0 saturated carbocycles. The number of benzene rings is 1. The lowest BCUT2D eigenvalue weighted by molar-refractivity contribution is 0.810. The van der Waals surface area contributed by atoms with Crippen molar-refractivity contribution in [2.24, 2.45) is 12.8 Å². The molecule has 1 aromatic carbocycles. The van der Waals surface area contributed by atoms with Crippen molar-refractivity contribution in [1.82, 2.24) is 9.55 Å². The molecule has 1 aromatic heterocycles. The first-order valence-corrected chi connectivity index (χ1v) is 6.00. The fourth-order valence-electron chi connectivity index (χ4n) is 1.97. The number of imidazole rings is 1. The summed E-state index contributed by atoms with van der Waals surface area (Å²) in [4.78, 5) is 4.43. The lowest BCUT2D eigenvalue weighted by Gasteiger charge is -2.07. The summed E-state index contributed by atoms with van der Waals surface area (Å²) in [5.41, 5.74) is 8.87. The predicted molar refractivity (Wildman–Crippen MR) is 71.1 cm³/mol. The zero-order chi connectivity index (χ0) is 12.4. The number of halogens is 1. The van der Waals surface area contributed by atoms with E-state index in [1.807, 2.05) is 23.7 Å². The van der Waals surface area contributed by atoms with E-state index in [1.165, 1.54) is 5.56 Å². The maximum atomic E-state index is 6.14. The Bertz CT molecular complexity index is 531. The molecule has 0 bridgehead atoms. The minimum atomic E-state index is 0.552. The van der Waals surface area contributed by atoms with Crippen LogP contribution < -0.4 is 5.73 Å². The van der Waals surface area contributed by atoms with Gasteiger partial charge in [0.1, 0.15) is 5.82 Å². The van der Waals surface area contributed by atoms with Gasteiger partial charge in [-0.1, -0.05) is 35.9 Å². The van der Waals surface area contributed by atoms with Crippen LogP contribution in [-0.4, -0.2) is 16.1 Å². The standard InChI is InChI=1S/C13H16ClN3/c1-9-5-3-4-6-10(9)13-16-12(14)11(7-8-15)17(13)2/h3-6H,7-8,15H2,1-2H3. The lowest BCUT2D eigenvalue weighted by Crippen LogP contribution is -2.07. The minimum Gasteiger partial charge on any atom is -0.330 e. The van der Waals surface area contributed by atoms with Crippen LogP contribution in [0.2, 0.25) is 5.15 Å². The number of hydrogen-bond donors (Lipinski definition) is 1. The first-order chi connectivity index (χ1) is 8.15. The highest BCUT2D eigenvalue weighted by molar-refractivity contribution is 6.30. The SMILES string of the molecule is Cc1ccccc1-c1nc(Cl)c(CCN)n1C. The Labute approximate surface area is 106 Å². The van der Waals surface area contributed by atoms with Crippen molar-refractivity contribution in [3.05, 3.63) is 40.7 Å². The van der Waals surface area contributed by atoms with Crippen LogP contribution in [0.1, 0.15) is 11.3 Å². The zero-order valence-electron chi connectivity index (χ0n) is 10.1. The molecule has 1 heterocycles. The average molecular weight is 250 g/mol. The maximum Gasteiger partial charge on any atom is 0.151 e. The molecule has 0 aliphatic carbocycles. The summed E-state index contributed by atoms with van der Waals surface area (Å²) in [5, 5.41) is 0.552. The summed E-state index contributed by atoms with van der Waals surface area (Å²) < 4.78 is 2.03. The van der Waals surface area contributed by atoms with Gasteiger partial charge in [0.15, 0.2) is 5.15 Å². The van der Waals surface area contributed by atoms with Gasteiger partial charge >= 0.3 is 0 Å². The van der Waals surface area contributed by atoms with E-state index in [4.69, 9.17) is 17.3 Å². The zero-order valence-corrected chi connectivity index (χ0v) is 10.8. The molecule has 0 spiro atoms. The van der Waals surface area contributed by atoms with Crippen molar-refractivity contribution < 1.29 is 0 Å². The third-order valence-corrected chi connectivity index (χ3v) is 3.23. The van der Waals surface area contributed by atoms with Gasteiger partial charge in [-0.15, -0.1) is 0 Å². The van der Waals surface area contributed by atoms with Crippen molar-refractivity contribution in [3.8, 4) is 11.4 Å². The maximum absolute atomic E-state index is 6.14. The molecule has 0 aliphatic rings. The van der Waals surface area contributed by atoms with E-state index >= 15 is 0 Å². The van der Waals surface area contributed by atoms with Crippen LogP contribution in [0.25, 0.3) is 11.4 Å². The van der Waals surface area contributed by atoms with Crippen LogP contribution in [0.15, 0.2) is 24.3 Å². The summed E-state index contributed by atoms with van der Waals surface area (Å²) in [6, 6.07) is 8.15. The minimum absolute atomic E-state index is 0.552. The number of aryl methyl sites for hydroxylation is 1. The first kappa shape index (κ1) is 12.1. The van der Waals surface area contributed by atoms with Crippen molar-refractivity contribution in [3.63, 3.8) is 0 Å². The van der Waals surface area contributed by atoms with Crippen LogP contribution in [-0.2, 0) is 13.5 Å². The summed E-state index contributed by atoms with van der Waals surface area (Å²) in [6.07, 6.45) is 0.744. The fraction of sp³-hybridized carbons (Fsp3) is 0.308. The molecule has 2 rings (SSSR count). The van der Waals surface area contributed by atoms with E-state index in [1.54, 1.807) is 0 Å². The van der Waals surface area contributed by atoms with Gasteiger partial charge in [-0.25, -0.2) is 4.98 Å². The molecular weight excluding hydrogens is 234 g/mol. The first-order valence-electron chi connectivity index (χ1n) is 5.62. The van der Waals surface area contributed by atoms with Gasteiger partial charge in [-0.05, 0) is 19.0 Å². The Morgan fingerprint density at radius 3 is 2.71 bits per heavy atom. The third-order valence-electron chi connectivity index (χ3n) is 2.93. The second kappa shape index (κ2) is 4.90. The Hall–Kier alpha value is -1.32. The van der Waals surface area contributed by atoms with Crippen molar-refractivity contribution in [2.45, 2.75) is 13.3 Å². The normalized spacial score (nSPS) is 10.8. The summed E-state index contributed by atoms with van der Waals surface area (Å²) in [7, 11) is 1.98. The quantitative estimate of drug-likeness (QED) is 0.909. The van der Waals surface area contributed by atoms with Gasteiger partial charge in [0.05, 0.1) is 5.69 Å². The molecule has 0 saturated heterocycles. The molecule has 2 N–H and O–H groups in total. The molecule has 0 amide bonds. The number of rotatable bonds is 3. The Kier molecular flexibility index (Phi) is 3.50. The molecule has 0 aliphatic heterocycles. The number of hydrogen-bond acceptors (Lipinski definition) is 2. The highest BCUT2D eigenvalue weighted by atomic mass is 35.5. The third kappa shape index (κ3) is 2.21. The van der Waals surface area contributed by atoms with E-state index < -0.39 is 0 Å². The molecular formula is C13H16ClN3. The molecule has 2 aromatic rings. The second-order valence-corrected chi connectivity index (χ2v) is 4.44. The van der Waals surface area contributed by atoms with Gasteiger partial charge < -0.3 is 10.3 Å². The number of nitrogens with two attached hydrogens (primary N) is 1. The van der Waals surface area contributed by atoms with Crippen LogP contribution >= 0.6 is 11.6 Å². The highest BCUT2D eigenvalue weighted by Gasteiger charge is 2.14. The highest BCUT2D eigenvalue weighted by Crippen LogP contribution is 2.26. The predicted octanol–water partition coefficient (Wildman–Crippen LogP) is 2.55. The van der Waals surface area contributed by atoms with Gasteiger partial charge in [0.25, 0.3) is 0 Å². The van der Waals surface area contributed by atoms with Gasteiger partial charge in [0, 0.05) is 19.0 Å². The van der Waals surface area contributed by atoms with Crippen molar-refractivity contribution in [2.75, 3.05) is 6.54 Å². The molecule has 0 unspecified atom stereocenters. The Balaban J connectivity index is 2.54. The van der Waals surface area contributed by atoms with Gasteiger partial charge in [0.2, 0.25) is 0 Å². The van der Waals surface area contributed by atoms with Gasteiger partial charge in [-0.3, -0.25) is 0 Å². The summed E-state index contributed by atoms with van der Waals surface area (Å²) >= 11 is 6.14. The molecule has 17 heavy (non-hydrogen) atoms. The molecule has 0 atom stereocenters. The molecule has 0 fully saturated rings. The smallest absolute Gasteiger partial charge is 0.151 e. The summed E-state index contributed by atoms with van der Waals surface area (Å²) in [6.45, 7) is 2.65. The van der Waals surface area contributed by atoms with E-state index in [0.717, 1.165) is 23.5 Å². The monoisotopic (exact) mass is 249 g/mol. The summed E-state index contributed by atoms with van der Waals surface area (Å²) in [5.74, 6) is 0.900. The molecule has 90 valence electrons. The van der Waals surface area contributed by atoms with Crippen LogP contribution in [0.4, 0.5) is 0 Å². The largest absolute Gasteiger partial charge is 0.330 e. The van der Waals surface area contributed by atoms with Crippen molar-refractivity contribution in [1.29, 1.82) is 0 Å². The Morgan fingerprint density at radius 1 is 1.35 bits per heavy atom. The van der Waals surface area contributed by atoms with Crippen LogP contribution in [0, 0.1) is 6.92 Å². The Morgan fingerprint density at radius 2 is 2.06 bits per heavy atom. The number of nitrogens with zero attached hydrogens (tertiary/aromatic N) is 2. The van der Waals surface area contributed by atoms with E-state index in [0.29, 0.717) is 11.7 Å². The van der Waals surface area contributed by atoms with E-state index in [9.17, 15) is 0 Å². The van der Waals surface area contributed by atoms with Crippen molar-refractivity contribution >= 4 is 11.6 Å². The molecule has 3 nitrogen and oxygen atoms in total. The van der Waals surface area contributed by atoms with Crippen LogP contribution in [0.5, 0.6) is 0 Å². The van der Waals surface area contributed by atoms with Gasteiger partial charge in [-0.2, -0.15) is 0 Å². The lowest BCUT2D eigenvalue weighted by atomic mass is 10.1. The topological polar surface area (TPSA) is 43.8 Å². The average Bonchev–Trinajstić information content (AvgIpc) is 2.58. The molecule has 4 heteroatoms. The van der Waals surface area contributed by atoms with Crippen LogP contribution in [0.3, 0.4) is 0 Å². The second-order valence-electron chi connectivity index (χ2n) is 4.09. The van der Waals surface area contributed by atoms with E-state index in [2.05, 4.69) is 24.0 Å².